The first kappa shape index (κ1) is 17.7. The zero-order valence-corrected chi connectivity index (χ0v) is 15.2. The van der Waals surface area contributed by atoms with Gasteiger partial charge in [0.25, 0.3) is 0 Å². The molecule has 1 aliphatic carbocycles. The molecule has 1 fully saturated rings. The quantitative estimate of drug-likeness (QED) is 0.889. The number of aromatic nitrogens is 2. The maximum absolute atomic E-state index is 12.6. The average Bonchev–Trinajstić information content (AvgIpc) is 2.99. The Bertz CT molecular complexity index is 743. The SMILES string of the molecule is Cc1ccccc1-n1ncc(NC(=O)C2CCC(O)CC2)c1C(C)C. The van der Waals surface area contributed by atoms with Crippen molar-refractivity contribution in [3.63, 3.8) is 0 Å². The van der Waals surface area contributed by atoms with Crippen molar-refractivity contribution in [3.8, 4) is 5.69 Å². The number of para-hydroxylation sites is 1. The number of aliphatic hydroxyl groups excluding tert-OH is 1. The third-order valence-corrected chi connectivity index (χ3v) is 5.02. The fraction of sp³-hybridized carbons (Fsp3) is 0.500. The number of nitrogens with one attached hydrogen (secondary N) is 1. The number of amides is 1. The lowest BCUT2D eigenvalue weighted by Gasteiger charge is -2.24. The van der Waals surface area contributed by atoms with E-state index in [4.69, 9.17) is 0 Å². The molecule has 5 nitrogen and oxygen atoms in total. The van der Waals surface area contributed by atoms with Crippen molar-refractivity contribution in [2.24, 2.45) is 5.92 Å². The lowest BCUT2D eigenvalue weighted by molar-refractivity contribution is -0.121. The van der Waals surface area contributed by atoms with E-state index in [0.29, 0.717) is 12.8 Å². The van der Waals surface area contributed by atoms with Gasteiger partial charge in [0.15, 0.2) is 0 Å². The van der Waals surface area contributed by atoms with Crippen LogP contribution in [0, 0.1) is 12.8 Å². The molecule has 1 amide bonds. The van der Waals surface area contributed by atoms with Gasteiger partial charge in [0.1, 0.15) is 0 Å². The van der Waals surface area contributed by atoms with Crippen LogP contribution in [-0.2, 0) is 4.79 Å². The fourth-order valence-corrected chi connectivity index (χ4v) is 3.58. The molecule has 0 atom stereocenters. The monoisotopic (exact) mass is 341 g/mol. The van der Waals surface area contributed by atoms with E-state index < -0.39 is 0 Å². The summed E-state index contributed by atoms with van der Waals surface area (Å²) < 4.78 is 1.93. The van der Waals surface area contributed by atoms with Crippen molar-refractivity contribution >= 4 is 11.6 Å². The second-order valence-electron chi connectivity index (χ2n) is 7.29. The van der Waals surface area contributed by atoms with E-state index in [-0.39, 0.29) is 23.8 Å². The molecule has 1 aromatic heterocycles. The number of carbonyl (C=O) groups excluding carboxylic acids is 1. The highest BCUT2D eigenvalue weighted by Crippen LogP contribution is 2.30. The molecule has 0 unspecified atom stereocenters. The van der Waals surface area contributed by atoms with Crippen molar-refractivity contribution in [1.29, 1.82) is 0 Å². The molecular formula is C20H27N3O2. The molecule has 2 aromatic rings. The number of aryl methyl sites for hydroxylation is 1. The van der Waals surface area contributed by atoms with Gasteiger partial charge in [-0.3, -0.25) is 4.79 Å². The number of carbonyl (C=O) groups is 1. The lowest BCUT2D eigenvalue weighted by Crippen LogP contribution is -2.29. The fourth-order valence-electron chi connectivity index (χ4n) is 3.58. The van der Waals surface area contributed by atoms with Gasteiger partial charge >= 0.3 is 0 Å². The molecule has 3 rings (SSSR count). The molecule has 0 saturated heterocycles. The van der Waals surface area contributed by atoms with Gasteiger partial charge in [0.05, 0.1) is 29.4 Å². The average molecular weight is 341 g/mol. The minimum absolute atomic E-state index is 0.0229. The smallest absolute Gasteiger partial charge is 0.227 e. The van der Waals surface area contributed by atoms with Crippen LogP contribution in [0.4, 0.5) is 5.69 Å². The normalized spacial score (nSPS) is 20.7. The van der Waals surface area contributed by atoms with Crippen LogP contribution in [0.1, 0.15) is 56.7 Å². The van der Waals surface area contributed by atoms with Gasteiger partial charge < -0.3 is 10.4 Å². The van der Waals surface area contributed by atoms with Gasteiger partial charge in [0.2, 0.25) is 5.91 Å². The maximum Gasteiger partial charge on any atom is 0.227 e. The van der Waals surface area contributed by atoms with Crippen molar-refractivity contribution in [2.45, 2.75) is 58.5 Å². The first-order valence-corrected chi connectivity index (χ1v) is 9.10. The zero-order chi connectivity index (χ0) is 18.0. The molecule has 1 heterocycles. The predicted molar refractivity (Wildman–Crippen MR) is 99.0 cm³/mol. The minimum atomic E-state index is -0.251. The zero-order valence-electron chi connectivity index (χ0n) is 15.2. The van der Waals surface area contributed by atoms with Crippen LogP contribution in [0.5, 0.6) is 0 Å². The summed E-state index contributed by atoms with van der Waals surface area (Å²) in [6.45, 7) is 6.28. The summed E-state index contributed by atoms with van der Waals surface area (Å²) in [7, 11) is 0. The molecule has 0 bridgehead atoms. The molecule has 1 aromatic carbocycles. The second-order valence-corrected chi connectivity index (χ2v) is 7.29. The van der Waals surface area contributed by atoms with Crippen LogP contribution in [0.2, 0.25) is 0 Å². The van der Waals surface area contributed by atoms with Crippen LogP contribution < -0.4 is 5.32 Å². The molecule has 5 heteroatoms. The standard InChI is InChI=1S/C20H27N3O2/c1-13(2)19-17(22-20(25)15-8-10-16(24)11-9-15)12-21-23(19)18-7-5-4-6-14(18)3/h4-7,12-13,15-16,24H,8-11H2,1-3H3,(H,22,25). The third kappa shape index (κ3) is 3.76. The van der Waals surface area contributed by atoms with Crippen LogP contribution >= 0.6 is 0 Å². The predicted octanol–water partition coefficient (Wildman–Crippen LogP) is 3.79. The number of hydrogen-bond acceptors (Lipinski definition) is 3. The molecule has 0 aliphatic heterocycles. The Hall–Kier alpha value is -2.14. The number of benzene rings is 1. The van der Waals surface area contributed by atoms with E-state index in [0.717, 1.165) is 35.5 Å². The molecule has 2 N–H and O–H groups in total. The molecule has 0 radical (unpaired) electrons. The first-order valence-electron chi connectivity index (χ1n) is 9.10. The van der Waals surface area contributed by atoms with Crippen LogP contribution in [0.15, 0.2) is 30.5 Å². The molecule has 1 aliphatic rings. The molecule has 134 valence electrons. The van der Waals surface area contributed by atoms with Gasteiger partial charge in [-0.1, -0.05) is 32.0 Å². The Balaban J connectivity index is 1.85. The van der Waals surface area contributed by atoms with Gasteiger partial charge in [-0.15, -0.1) is 0 Å². The van der Waals surface area contributed by atoms with E-state index in [2.05, 4.69) is 37.3 Å². The van der Waals surface area contributed by atoms with Crippen molar-refractivity contribution in [1.82, 2.24) is 9.78 Å². The molecule has 0 spiro atoms. The van der Waals surface area contributed by atoms with E-state index in [1.165, 1.54) is 0 Å². The van der Waals surface area contributed by atoms with E-state index in [1.807, 2.05) is 22.9 Å². The number of aliphatic hydroxyl groups is 1. The van der Waals surface area contributed by atoms with Crippen LogP contribution in [-0.4, -0.2) is 26.9 Å². The topological polar surface area (TPSA) is 67.2 Å². The van der Waals surface area contributed by atoms with Crippen LogP contribution in [0.3, 0.4) is 0 Å². The number of nitrogens with zero attached hydrogens (tertiary/aromatic N) is 2. The van der Waals surface area contributed by atoms with Crippen molar-refractivity contribution in [2.75, 3.05) is 5.32 Å². The summed E-state index contributed by atoms with van der Waals surface area (Å²) in [6, 6.07) is 8.12. The number of anilines is 1. The number of hydrogen-bond donors (Lipinski definition) is 2. The first-order chi connectivity index (χ1) is 12.0. The Labute approximate surface area is 149 Å². The van der Waals surface area contributed by atoms with Gasteiger partial charge in [-0.2, -0.15) is 5.10 Å². The second kappa shape index (κ2) is 7.40. The highest BCUT2D eigenvalue weighted by atomic mass is 16.3. The number of rotatable bonds is 4. The highest BCUT2D eigenvalue weighted by Gasteiger charge is 2.27. The largest absolute Gasteiger partial charge is 0.393 e. The lowest BCUT2D eigenvalue weighted by atomic mass is 9.87. The van der Waals surface area contributed by atoms with Gasteiger partial charge in [0, 0.05) is 5.92 Å². The van der Waals surface area contributed by atoms with Crippen molar-refractivity contribution in [3.05, 3.63) is 41.7 Å². The Morgan fingerprint density at radius 1 is 1.24 bits per heavy atom. The summed E-state index contributed by atoms with van der Waals surface area (Å²) in [6.07, 6.45) is 4.40. The summed E-state index contributed by atoms with van der Waals surface area (Å²) >= 11 is 0. The summed E-state index contributed by atoms with van der Waals surface area (Å²) in [4.78, 5) is 12.6. The molecule has 25 heavy (non-hydrogen) atoms. The van der Waals surface area contributed by atoms with Gasteiger partial charge in [-0.25, -0.2) is 4.68 Å². The summed E-state index contributed by atoms with van der Waals surface area (Å²) in [5.41, 5.74) is 3.98. The Morgan fingerprint density at radius 2 is 1.92 bits per heavy atom. The van der Waals surface area contributed by atoms with E-state index >= 15 is 0 Å². The van der Waals surface area contributed by atoms with Crippen LogP contribution in [0.25, 0.3) is 5.69 Å². The van der Waals surface area contributed by atoms with Gasteiger partial charge in [-0.05, 0) is 50.2 Å². The Kier molecular flexibility index (Phi) is 5.23. The summed E-state index contributed by atoms with van der Waals surface area (Å²) in [5, 5.41) is 17.2. The minimum Gasteiger partial charge on any atom is -0.393 e. The molecular weight excluding hydrogens is 314 g/mol. The highest BCUT2D eigenvalue weighted by molar-refractivity contribution is 5.93. The third-order valence-electron chi connectivity index (χ3n) is 5.02. The molecule has 1 saturated carbocycles. The van der Waals surface area contributed by atoms with E-state index in [9.17, 15) is 9.90 Å². The van der Waals surface area contributed by atoms with E-state index in [1.54, 1.807) is 6.20 Å². The Morgan fingerprint density at radius 3 is 2.56 bits per heavy atom. The summed E-state index contributed by atoms with van der Waals surface area (Å²) in [5.74, 6) is 0.244. The van der Waals surface area contributed by atoms with Crippen molar-refractivity contribution < 1.29 is 9.90 Å². The maximum atomic E-state index is 12.6.